The summed E-state index contributed by atoms with van der Waals surface area (Å²) >= 11 is 0. The molecule has 0 bridgehead atoms. The lowest BCUT2D eigenvalue weighted by molar-refractivity contribution is -0.150. The molecule has 3 heterocycles. The Morgan fingerprint density at radius 1 is 0.568 bits per heavy atom. The largest absolute Gasteiger partial charge is 0.519 e. The summed E-state index contributed by atoms with van der Waals surface area (Å²) in [5.74, 6) is -6.58. The predicted molar refractivity (Wildman–Crippen MR) is 240 cm³/mol. The number of nitrogens with zero attached hydrogens (tertiary/aromatic N) is 5. The van der Waals surface area contributed by atoms with Crippen molar-refractivity contribution >= 4 is 78.9 Å². The van der Waals surface area contributed by atoms with Gasteiger partial charge in [-0.2, -0.15) is 9.58 Å². The summed E-state index contributed by atoms with van der Waals surface area (Å²) in [6.07, 6.45) is -1.89. The number of ether oxygens (including phenoxy) is 5. The maximum absolute atomic E-state index is 12.0. The molecule has 3 rings (SSSR count). The molecule has 0 aromatic carbocycles. The Hall–Kier alpha value is -9.53. The number of carboxylic acids is 1. The highest BCUT2D eigenvalue weighted by atomic mass is 16.6. The topological polar surface area (TPSA) is 473 Å². The number of rotatable bonds is 26. The Kier molecular flexibility index (Phi) is 28.0. The van der Waals surface area contributed by atoms with E-state index in [4.69, 9.17) is 39.9 Å². The van der Waals surface area contributed by atoms with Crippen molar-refractivity contribution in [3.8, 4) is 0 Å². The van der Waals surface area contributed by atoms with Crippen molar-refractivity contribution in [3.05, 3.63) is 77.5 Å². The van der Waals surface area contributed by atoms with Crippen molar-refractivity contribution in [3.63, 3.8) is 0 Å². The average Bonchev–Trinajstić information content (AvgIpc) is 3.96. The summed E-state index contributed by atoms with van der Waals surface area (Å²) in [6.45, 7) is 11.2. The van der Waals surface area contributed by atoms with Gasteiger partial charge < -0.3 is 82.3 Å². The molecular weight excluding hydrogens is 1000 g/mol. The van der Waals surface area contributed by atoms with E-state index < -0.39 is 102 Å². The van der Waals surface area contributed by atoms with Crippen LogP contribution in [0.2, 0.25) is 0 Å². The summed E-state index contributed by atoms with van der Waals surface area (Å²) in [5.41, 5.74) is 16.6. The molecule has 0 saturated carbocycles. The number of hydrogen-bond acceptors (Lipinski definition) is 23. The molecule has 0 saturated heterocycles. The third-order valence-electron chi connectivity index (χ3n) is 8.57. The van der Waals surface area contributed by atoms with E-state index in [1.165, 1.54) is 20.8 Å². The van der Waals surface area contributed by atoms with Gasteiger partial charge in [-0.1, -0.05) is 0 Å². The van der Waals surface area contributed by atoms with E-state index in [0.29, 0.717) is 12.4 Å². The van der Waals surface area contributed by atoms with E-state index in [9.17, 15) is 57.5 Å². The lowest BCUT2D eigenvalue weighted by Crippen LogP contribution is -2.43. The van der Waals surface area contributed by atoms with Gasteiger partial charge in [0, 0.05) is 19.3 Å². The summed E-state index contributed by atoms with van der Waals surface area (Å²) in [4.78, 5) is 142. The minimum atomic E-state index is -1.33. The fourth-order valence-electron chi connectivity index (χ4n) is 5.06. The molecular formula is C42H51N8O24+. The first-order chi connectivity index (χ1) is 34.9. The molecule has 0 spiro atoms. The number of alkyl carbamates (subject to hydrolysis) is 3. The number of aliphatic carboxylic acids is 1. The third kappa shape index (κ3) is 25.4. The van der Waals surface area contributed by atoms with Crippen molar-refractivity contribution in [1.29, 1.82) is 0 Å². The summed E-state index contributed by atoms with van der Waals surface area (Å²) in [7, 11) is 0. The van der Waals surface area contributed by atoms with Crippen molar-refractivity contribution in [2.45, 2.75) is 124 Å². The number of aryl methyl sites for hydroxylation is 3. The molecule has 0 unspecified atom stereocenters. The van der Waals surface area contributed by atoms with Gasteiger partial charge in [-0.3, -0.25) is 14.4 Å². The Balaban J connectivity index is 0.000000556. The van der Waals surface area contributed by atoms with Gasteiger partial charge >= 0.3 is 72.3 Å². The highest BCUT2D eigenvalue weighted by Gasteiger charge is 2.27. The third-order valence-corrected chi connectivity index (χ3v) is 8.57. The number of hydrogen-bond donors (Lipinski definition) is 4. The van der Waals surface area contributed by atoms with Crippen LogP contribution >= 0.6 is 0 Å². The first-order valence-electron chi connectivity index (χ1n) is 21.3. The molecule has 0 fully saturated rings. The number of amides is 3. The normalized spacial score (nSPS) is 11.2. The minimum Gasteiger partial charge on any atom is -0.480 e. The van der Waals surface area contributed by atoms with Gasteiger partial charge in [0.15, 0.2) is 54.4 Å². The highest BCUT2D eigenvalue weighted by molar-refractivity contribution is 6.27. The van der Waals surface area contributed by atoms with Gasteiger partial charge in [0.25, 0.3) is 6.72 Å². The SMILES string of the molecule is C=[N+]=CC(=O)CC[C@H](NC(=O)OCc1oc(=O)oc1C)C(=O)O.CCOC(=O)[C@H](CCC(=O)C=[N+]=[N-])NC(=O)OCc1oc(=O)oc1C.Cc1oc(=O)oc1COC(=O)N[C@@H](CCC(=O)C=[N+]=[N-])C(=O)OC(C)C. The predicted octanol–water partition coefficient (Wildman–Crippen LogP) is 0.495. The van der Waals surface area contributed by atoms with Crippen LogP contribution in [-0.2, 0) is 72.3 Å². The Labute approximate surface area is 415 Å². The van der Waals surface area contributed by atoms with Gasteiger partial charge in [-0.05, 0) is 60.8 Å². The van der Waals surface area contributed by atoms with E-state index in [1.54, 1.807) is 20.8 Å². The van der Waals surface area contributed by atoms with Gasteiger partial charge in [0.1, 0.15) is 18.1 Å². The summed E-state index contributed by atoms with van der Waals surface area (Å²) in [6, 6.07) is -3.61. The average molecular weight is 1050 g/mol. The second-order valence-electron chi connectivity index (χ2n) is 14.5. The van der Waals surface area contributed by atoms with Gasteiger partial charge in [-0.15, -0.1) is 4.67 Å². The highest BCUT2D eigenvalue weighted by Crippen LogP contribution is 2.11. The van der Waals surface area contributed by atoms with E-state index in [-0.39, 0.29) is 92.9 Å². The van der Waals surface area contributed by atoms with Crippen LogP contribution in [0.25, 0.3) is 11.1 Å². The lowest BCUT2D eigenvalue weighted by Gasteiger charge is -2.18. The molecule has 3 aromatic rings. The number of carbonyl (C=O) groups is 9. The van der Waals surface area contributed by atoms with Crippen LogP contribution in [0.1, 0.15) is 93.9 Å². The van der Waals surface area contributed by atoms with Gasteiger partial charge in [0.05, 0.1) is 12.7 Å². The number of ketones is 3. The molecule has 4 N–H and O–H groups in total. The molecule has 32 nitrogen and oxygen atoms in total. The van der Waals surface area contributed by atoms with E-state index in [0.717, 1.165) is 6.21 Å². The van der Waals surface area contributed by atoms with Crippen LogP contribution < -0.4 is 38.1 Å². The quantitative estimate of drug-likeness (QED) is 0.0279. The zero-order valence-electron chi connectivity index (χ0n) is 40.4. The van der Waals surface area contributed by atoms with Crippen LogP contribution in [0.4, 0.5) is 14.4 Å². The first kappa shape index (κ1) is 62.5. The number of nitrogens with one attached hydrogen (secondary N) is 3. The number of carbonyl (C=O) groups excluding carboxylic acids is 8. The summed E-state index contributed by atoms with van der Waals surface area (Å²) < 4.78 is 55.3. The smallest absolute Gasteiger partial charge is 0.480 e. The fraction of sp³-hybridized carbons (Fsp3) is 0.476. The molecule has 74 heavy (non-hydrogen) atoms. The van der Waals surface area contributed by atoms with Crippen molar-refractivity contribution in [2.24, 2.45) is 0 Å². The van der Waals surface area contributed by atoms with Crippen LogP contribution in [0, 0.1) is 20.8 Å². The second kappa shape index (κ2) is 33.1. The maximum Gasteiger partial charge on any atom is 0.519 e. The maximum atomic E-state index is 12.0. The van der Waals surface area contributed by atoms with Crippen LogP contribution in [0.15, 0.2) is 40.9 Å². The van der Waals surface area contributed by atoms with Gasteiger partial charge in [-0.25, -0.2) is 43.2 Å². The molecule has 0 radical (unpaired) electrons. The standard InChI is InChI=1S/C15H19N3O8.C14H17N3O8.C13H14N2O8/c1-8(2)24-13(20)11(5-4-10(19)6-17-16)18-14(21)23-7-12-9(3)25-15(22)26-12;1-3-22-12(19)10(5-4-9(18)6-16-15)17-13(20)23-7-11-8(2)24-14(21)25-11;1-7-10(23-13(20)22-7)6-21-12(19)15-9(11(17)18)4-3-8(16)5-14-2/h6,8,11H,4-5,7H2,1-3H3,(H,18,21);6,10H,3-5,7H2,1-2H3,(H,17,20);5,9H,2-4,6H2,1H3,(H-,15,17,18,19)/p+1/t11-;10-;9-/m000/s1. The van der Waals surface area contributed by atoms with Crippen LogP contribution in [-0.4, -0.2) is 124 Å². The van der Waals surface area contributed by atoms with E-state index >= 15 is 0 Å². The van der Waals surface area contributed by atoms with E-state index in [1.807, 2.05) is 0 Å². The molecule has 402 valence electrons. The zero-order valence-corrected chi connectivity index (χ0v) is 40.4. The number of carboxylic acid groups (broad SMARTS) is 1. The Morgan fingerprint density at radius 3 is 1.20 bits per heavy atom. The monoisotopic (exact) mass is 1050 g/mol. The molecule has 0 aliphatic carbocycles. The van der Waals surface area contributed by atoms with Crippen molar-refractivity contribution < 1.29 is 108 Å². The number of Topliss-reactive ketones (excluding diaryl/α,β-unsaturated/α-hetero) is 3. The van der Waals surface area contributed by atoms with E-state index in [2.05, 4.69) is 63.4 Å². The first-order valence-corrected chi connectivity index (χ1v) is 21.3. The molecule has 0 aliphatic rings. The van der Waals surface area contributed by atoms with Crippen LogP contribution in [0.3, 0.4) is 0 Å². The lowest BCUT2D eigenvalue weighted by atomic mass is 10.1. The van der Waals surface area contributed by atoms with Crippen molar-refractivity contribution in [2.75, 3.05) is 6.61 Å². The Bertz CT molecular complexity index is 2770. The van der Waals surface area contributed by atoms with Crippen LogP contribution in [0.5, 0.6) is 0 Å². The molecule has 3 atom stereocenters. The number of esters is 2. The molecule has 3 amide bonds. The second-order valence-corrected chi connectivity index (χ2v) is 14.5. The zero-order chi connectivity index (χ0) is 55.9. The molecule has 3 aromatic heterocycles. The summed E-state index contributed by atoms with van der Waals surface area (Å²) in [5, 5.41) is 15.6. The molecule has 0 aliphatic heterocycles. The van der Waals surface area contributed by atoms with Gasteiger partial charge in [0.2, 0.25) is 17.3 Å². The minimum absolute atomic E-state index is 0.0128. The Morgan fingerprint density at radius 2 is 0.905 bits per heavy atom. The molecule has 32 heteroatoms. The fourth-order valence-corrected chi connectivity index (χ4v) is 5.06. The van der Waals surface area contributed by atoms with Crippen molar-refractivity contribution in [1.82, 2.24) is 20.6 Å².